The van der Waals surface area contributed by atoms with Gasteiger partial charge in [-0.1, -0.05) is 28.9 Å². The number of aliphatic hydroxyl groups is 1. The second-order valence-electron chi connectivity index (χ2n) is 4.70. The maximum absolute atomic E-state index is 12.4. The van der Waals surface area contributed by atoms with Crippen LogP contribution in [0.15, 0.2) is 33.6 Å². The first-order valence-corrected chi connectivity index (χ1v) is 7.88. The van der Waals surface area contributed by atoms with Gasteiger partial charge < -0.3 is 5.11 Å². The monoisotopic (exact) mass is 335 g/mol. The number of nitrogens with zero attached hydrogens (tertiary/aromatic N) is 1. The highest BCUT2D eigenvalue weighted by atomic mass is 79.9. The lowest BCUT2D eigenvalue weighted by atomic mass is 10.1. The van der Waals surface area contributed by atoms with Crippen molar-refractivity contribution in [2.45, 2.75) is 31.3 Å². The van der Waals surface area contributed by atoms with Gasteiger partial charge in [0.25, 0.3) is 0 Å². The highest BCUT2D eigenvalue weighted by molar-refractivity contribution is 9.10. The van der Waals surface area contributed by atoms with Gasteiger partial charge in [-0.2, -0.15) is 4.31 Å². The molecule has 0 unspecified atom stereocenters. The Morgan fingerprint density at radius 2 is 2.00 bits per heavy atom. The zero-order chi connectivity index (χ0) is 14.0. The summed E-state index contributed by atoms with van der Waals surface area (Å²) in [4.78, 5) is 0.225. The minimum Gasteiger partial charge on any atom is -0.389 e. The Labute approximate surface area is 117 Å². The van der Waals surface area contributed by atoms with Crippen LogP contribution in [0.4, 0.5) is 0 Å². The molecule has 0 aromatic heterocycles. The summed E-state index contributed by atoms with van der Waals surface area (Å²) in [7, 11) is -3.56. The van der Waals surface area contributed by atoms with Crippen LogP contribution in [-0.2, 0) is 10.0 Å². The second kappa shape index (κ2) is 5.69. The Morgan fingerprint density at radius 1 is 1.39 bits per heavy atom. The van der Waals surface area contributed by atoms with E-state index in [1.54, 1.807) is 45.0 Å². The number of likely N-dealkylation sites (N-methyl/N-ethyl adjacent to an activating group) is 1. The third-order valence-electron chi connectivity index (χ3n) is 2.35. The largest absolute Gasteiger partial charge is 0.389 e. The summed E-state index contributed by atoms with van der Waals surface area (Å²) in [5, 5.41) is 9.77. The van der Waals surface area contributed by atoms with Crippen molar-refractivity contribution in [3.05, 3.63) is 28.7 Å². The smallest absolute Gasteiger partial charge is 0.243 e. The van der Waals surface area contributed by atoms with E-state index in [1.165, 1.54) is 4.31 Å². The topological polar surface area (TPSA) is 57.6 Å². The van der Waals surface area contributed by atoms with Crippen molar-refractivity contribution in [2.24, 2.45) is 0 Å². The Hall–Kier alpha value is -0.430. The van der Waals surface area contributed by atoms with Gasteiger partial charge in [0.2, 0.25) is 10.0 Å². The molecule has 0 aliphatic carbocycles. The van der Waals surface area contributed by atoms with Crippen molar-refractivity contribution >= 4 is 26.0 Å². The first-order valence-electron chi connectivity index (χ1n) is 5.65. The van der Waals surface area contributed by atoms with Crippen LogP contribution in [0.5, 0.6) is 0 Å². The number of benzene rings is 1. The number of halogens is 1. The molecule has 0 heterocycles. The van der Waals surface area contributed by atoms with Gasteiger partial charge in [-0.05, 0) is 32.0 Å². The van der Waals surface area contributed by atoms with E-state index in [4.69, 9.17) is 0 Å². The zero-order valence-corrected chi connectivity index (χ0v) is 13.1. The molecule has 1 aromatic rings. The van der Waals surface area contributed by atoms with Crippen molar-refractivity contribution in [2.75, 3.05) is 13.1 Å². The van der Waals surface area contributed by atoms with Crippen LogP contribution >= 0.6 is 15.9 Å². The van der Waals surface area contributed by atoms with E-state index in [0.29, 0.717) is 11.0 Å². The summed E-state index contributed by atoms with van der Waals surface area (Å²) in [6, 6.07) is 6.55. The lowest BCUT2D eigenvalue weighted by Gasteiger charge is -2.27. The van der Waals surface area contributed by atoms with Crippen LogP contribution in [0, 0.1) is 0 Å². The van der Waals surface area contributed by atoms with Gasteiger partial charge in [0.15, 0.2) is 0 Å². The average molecular weight is 336 g/mol. The fourth-order valence-electron chi connectivity index (χ4n) is 1.57. The van der Waals surface area contributed by atoms with Gasteiger partial charge in [-0.25, -0.2) is 8.42 Å². The Balaban J connectivity index is 3.11. The number of hydrogen-bond acceptors (Lipinski definition) is 3. The molecule has 0 spiro atoms. The molecule has 0 radical (unpaired) electrons. The van der Waals surface area contributed by atoms with Crippen LogP contribution in [0.3, 0.4) is 0 Å². The molecule has 18 heavy (non-hydrogen) atoms. The molecule has 1 aromatic carbocycles. The van der Waals surface area contributed by atoms with Gasteiger partial charge in [0, 0.05) is 17.6 Å². The molecule has 1 N–H and O–H groups in total. The molecule has 4 nitrogen and oxygen atoms in total. The summed E-state index contributed by atoms with van der Waals surface area (Å²) < 4.78 is 26.8. The zero-order valence-electron chi connectivity index (χ0n) is 10.7. The third kappa shape index (κ3) is 4.05. The molecule has 0 aliphatic rings. The van der Waals surface area contributed by atoms with Crippen LogP contribution in [-0.4, -0.2) is 36.5 Å². The second-order valence-corrected chi connectivity index (χ2v) is 7.55. The van der Waals surface area contributed by atoms with Crippen LogP contribution in [0.1, 0.15) is 20.8 Å². The minimum atomic E-state index is -3.56. The maximum atomic E-state index is 12.4. The van der Waals surface area contributed by atoms with Crippen molar-refractivity contribution in [1.82, 2.24) is 4.31 Å². The summed E-state index contributed by atoms with van der Waals surface area (Å²) in [5.74, 6) is 0. The Kier molecular flexibility index (Phi) is 4.94. The fraction of sp³-hybridized carbons (Fsp3) is 0.500. The number of sulfonamides is 1. The Morgan fingerprint density at radius 3 is 2.44 bits per heavy atom. The van der Waals surface area contributed by atoms with E-state index in [2.05, 4.69) is 15.9 Å². The van der Waals surface area contributed by atoms with Gasteiger partial charge >= 0.3 is 0 Å². The van der Waals surface area contributed by atoms with Gasteiger partial charge in [0.05, 0.1) is 10.5 Å². The number of rotatable bonds is 5. The Bertz CT molecular complexity index is 508. The average Bonchev–Trinajstić information content (AvgIpc) is 2.24. The van der Waals surface area contributed by atoms with Crippen LogP contribution < -0.4 is 0 Å². The lowest BCUT2D eigenvalue weighted by molar-refractivity contribution is 0.0601. The standard InChI is InChI=1S/C12H18BrNO3S/c1-4-14(9-12(2,3)15)18(16,17)11-7-5-6-10(13)8-11/h5-8,15H,4,9H2,1-3H3. The number of hydrogen-bond donors (Lipinski definition) is 1. The molecule has 1 rings (SSSR count). The predicted octanol–water partition coefficient (Wildman–Crippen LogP) is 2.23. The van der Waals surface area contributed by atoms with Gasteiger partial charge in [-0.15, -0.1) is 0 Å². The fourth-order valence-corrected chi connectivity index (χ4v) is 3.78. The highest BCUT2D eigenvalue weighted by Crippen LogP contribution is 2.21. The summed E-state index contributed by atoms with van der Waals surface area (Å²) >= 11 is 3.25. The van der Waals surface area contributed by atoms with Crippen LogP contribution in [0.25, 0.3) is 0 Å². The molecule has 6 heteroatoms. The van der Waals surface area contributed by atoms with Crippen LogP contribution in [0.2, 0.25) is 0 Å². The molecule has 0 saturated carbocycles. The quantitative estimate of drug-likeness (QED) is 0.897. The van der Waals surface area contributed by atoms with E-state index in [1.807, 2.05) is 0 Å². The highest BCUT2D eigenvalue weighted by Gasteiger charge is 2.28. The first-order chi connectivity index (χ1) is 8.16. The summed E-state index contributed by atoms with van der Waals surface area (Å²) in [5.41, 5.74) is -1.06. The molecular formula is C12H18BrNO3S. The van der Waals surface area contributed by atoms with E-state index in [0.717, 1.165) is 0 Å². The third-order valence-corrected chi connectivity index (χ3v) is 4.76. The van der Waals surface area contributed by atoms with Crippen molar-refractivity contribution < 1.29 is 13.5 Å². The predicted molar refractivity (Wildman–Crippen MR) is 74.9 cm³/mol. The van der Waals surface area contributed by atoms with Gasteiger partial charge in [0.1, 0.15) is 0 Å². The molecule has 0 atom stereocenters. The van der Waals surface area contributed by atoms with Crippen molar-refractivity contribution in [3.8, 4) is 0 Å². The first kappa shape index (κ1) is 15.6. The SMILES string of the molecule is CCN(CC(C)(C)O)S(=O)(=O)c1cccc(Br)c1. The molecule has 0 saturated heterocycles. The van der Waals surface area contributed by atoms with E-state index in [-0.39, 0.29) is 11.4 Å². The molecular weight excluding hydrogens is 318 g/mol. The summed E-state index contributed by atoms with van der Waals surface area (Å²) in [6.45, 7) is 5.32. The minimum absolute atomic E-state index is 0.0678. The molecule has 0 amide bonds. The van der Waals surface area contributed by atoms with Crippen molar-refractivity contribution in [1.29, 1.82) is 0 Å². The molecule has 0 bridgehead atoms. The molecule has 0 fully saturated rings. The van der Waals surface area contributed by atoms with E-state index < -0.39 is 15.6 Å². The van der Waals surface area contributed by atoms with Gasteiger partial charge in [-0.3, -0.25) is 0 Å². The maximum Gasteiger partial charge on any atom is 0.243 e. The van der Waals surface area contributed by atoms with Crippen molar-refractivity contribution in [3.63, 3.8) is 0 Å². The lowest BCUT2D eigenvalue weighted by Crippen LogP contribution is -2.42. The van der Waals surface area contributed by atoms with E-state index >= 15 is 0 Å². The van der Waals surface area contributed by atoms with E-state index in [9.17, 15) is 13.5 Å². The normalized spacial score (nSPS) is 13.0. The molecule has 0 aliphatic heterocycles. The summed E-state index contributed by atoms with van der Waals surface area (Å²) in [6.07, 6.45) is 0. The molecule has 102 valence electrons.